The number of benzene rings is 1. The molecule has 4 rings (SSSR count). The molecule has 2 atom stereocenters. The van der Waals surface area contributed by atoms with Crippen LogP contribution < -0.4 is 0 Å². The number of halogens is 3. The van der Waals surface area contributed by atoms with Crippen molar-refractivity contribution in [2.45, 2.75) is 24.6 Å². The van der Waals surface area contributed by atoms with Gasteiger partial charge >= 0.3 is 6.18 Å². The average Bonchev–Trinajstić information content (AvgIpc) is 3.12. The molecule has 0 radical (unpaired) electrons. The van der Waals surface area contributed by atoms with Gasteiger partial charge in [-0.1, -0.05) is 18.2 Å². The highest BCUT2D eigenvalue weighted by molar-refractivity contribution is 7.71. The second-order valence-corrected chi connectivity index (χ2v) is 5.90. The fraction of sp³-hybridized carbons (Fsp3) is 0.267. The number of nitrogens with zero attached hydrogens (tertiary/aromatic N) is 2. The van der Waals surface area contributed by atoms with Gasteiger partial charge < -0.3 is 9.67 Å². The molecule has 2 aromatic rings. The summed E-state index contributed by atoms with van der Waals surface area (Å²) in [7, 11) is 0. The van der Waals surface area contributed by atoms with Crippen LogP contribution in [0.2, 0.25) is 0 Å². The Labute approximate surface area is 128 Å². The number of hydrogen-bond acceptors (Lipinski definition) is 2. The maximum atomic E-state index is 12.9. The van der Waals surface area contributed by atoms with Crippen molar-refractivity contribution in [3.8, 4) is 11.6 Å². The summed E-state index contributed by atoms with van der Waals surface area (Å²) in [6, 6.07) is 4.91. The minimum atomic E-state index is -4.43. The van der Waals surface area contributed by atoms with E-state index in [2.05, 4.69) is 0 Å². The molecule has 1 aliphatic carbocycles. The van der Waals surface area contributed by atoms with Crippen LogP contribution in [0.5, 0.6) is 5.88 Å². The lowest BCUT2D eigenvalue weighted by atomic mass is 10.1. The SMILES string of the molecule is Oc1c2n(c(=S)n1-c1cccc(C(F)(F)F)c1)[C@H]1C=C[C@@H]2C1. The maximum Gasteiger partial charge on any atom is 0.416 e. The molecule has 0 spiro atoms. The third-order valence-corrected chi connectivity index (χ3v) is 4.65. The fourth-order valence-electron chi connectivity index (χ4n) is 3.32. The van der Waals surface area contributed by atoms with Gasteiger partial charge in [-0.25, -0.2) is 0 Å². The number of aromatic hydroxyl groups is 1. The zero-order valence-electron chi connectivity index (χ0n) is 11.2. The van der Waals surface area contributed by atoms with Gasteiger partial charge in [0.1, 0.15) is 0 Å². The molecule has 1 aromatic heterocycles. The minimum Gasteiger partial charge on any atom is -0.493 e. The van der Waals surface area contributed by atoms with Gasteiger partial charge in [-0.2, -0.15) is 13.2 Å². The number of allylic oxidation sites excluding steroid dienone is 2. The van der Waals surface area contributed by atoms with E-state index in [-0.39, 0.29) is 23.5 Å². The van der Waals surface area contributed by atoms with Crippen molar-refractivity contribution < 1.29 is 18.3 Å². The van der Waals surface area contributed by atoms with Crippen LogP contribution in [0.3, 0.4) is 0 Å². The Morgan fingerprint density at radius 2 is 2.00 bits per heavy atom. The van der Waals surface area contributed by atoms with Crippen LogP contribution in [0.25, 0.3) is 5.69 Å². The highest BCUT2D eigenvalue weighted by Gasteiger charge is 2.38. The first kappa shape index (κ1) is 13.6. The molecule has 3 nitrogen and oxygen atoms in total. The number of hydrogen-bond donors (Lipinski definition) is 1. The van der Waals surface area contributed by atoms with E-state index in [9.17, 15) is 18.3 Å². The van der Waals surface area contributed by atoms with E-state index in [1.165, 1.54) is 16.7 Å². The molecule has 2 heterocycles. The Kier molecular flexibility index (Phi) is 2.64. The van der Waals surface area contributed by atoms with Crippen molar-refractivity contribution in [2.24, 2.45) is 0 Å². The van der Waals surface area contributed by atoms with E-state index >= 15 is 0 Å². The predicted octanol–water partition coefficient (Wildman–Crippen LogP) is 4.33. The highest BCUT2D eigenvalue weighted by Crippen LogP contribution is 2.48. The molecule has 0 amide bonds. The van der Waals surface area contributed by atoms with Crippen LogP contribution in [-0.2, 0) is 6.18 Å². The van der Waals surface area contributed by atoms with Crippen molar-refractivity contribution in [1.82, 2.24) is 9.13 Å². The highest BCUT2D eigenvalue weighted by atomic mass is 32.1. The number of aromatic nitrogens is 2. The van der Waals surface area contributed by atoms with Gasteiger partial charge in [0.25, 0.3) is 0 Å². The third kappa shape index (κ3) is 1.71. The van der Waals surface area contributed by atoms with Crippen LogP contribution in [0, 0.1) is 4.77 Å². The van der Waals surface area contributed by atoms with Gasteiger partial charge in [0, 0.05) is 5.92 Å². The fourth-order valence-corrected chi connectivity index (χ4v) is 3.74. The number of alkyl halides is 3. The lowest BCUT2D eigenvalue weighted by molar-refractivity contribution is -0.137. The number of imidazole rings is 1. The van der Waals surface area contributed by atoms with Gasteiger partial charge in [0.2, 0.25) is 5.88 Å². The third-order valence-electron chi connectivity index (χ3n) is 4.27. The largest absolute Gasteiger partial charge is 0.493 e. The molecule has 0 saturated carbocycles. The van der Waals surface area contributed by atoms with Crippen molar-refractivity contribution in [1.29, 1.82) is 0 Å². The van der Waals surface area contributed by atoms with Crippen molar-refractivity contribution in [3.63, 3.8) is 0 Å². The minimum absolute atomic E-state index is 0.0684. The molecule has 7 heteroatoms. The molecule has 0 saturated heterocycles. The van der Waals surface area contributed by atoms with Crippen molar-refractivity contribution in [3.05, 3.63) is 52.4 Å². The van der Waals surface area contributed by atoms with Gasteiger partial charge in [0.05, 0.1) is 23.0 Å². The Balaban J connectivity index is 1.91. The zero-order valence-corrected chi connectivity index (χ0v) is 12.0. The molecular formula is C15H11F3N2OS. The summed E-state index contributed by atoms with van der Waals surface area (Å²) in [5.74, 6) is 0.0138. The zero-order chi connectivity index (χ0) is 15.6. The summed E-state index contributed by atoms with van der Waals surface area (Å²) in [5, 5.41) is 10.5. The molecule has 2 aliphatic rings. The lowest BCUT2D eigenvalue weighted by Crippen LogP contribution is -2.07. The topological polar surface area (TPSA) is 30.1 Å². The summed E-state index contributed by atoms with van der Waals surface area (Å²) in [6.07, 6.45) is 0.446. The average molecular weight is 324 g/mol. The smallest absolute Gasteiger partial charge is 0.416 e. The normalized spacial score (nSPS) is 22.3. The molecule has 0 unspecified atom stereocenters. The molecule has 1 aromatic carbocycles. The second-order valence-electron chi connectivity index (χ2n) is 5.54. The summed E-state index contributed by atoms with van der Waals surface area (Å²) in [4.78, 5) is 0. The molecule has 2 bridgehead atoms. The maximum absolute atomic E-state index is 12.9. The van der Waals surface area contributed by atoms with Gasteiger partial charge in [-0.3, -0.25) is 4.57 Å². The molecular weight excluding hydrogens is 313 g/mol. The quantitative estimate of drug-likeness (QED) is 0.625. The Morgan fingerprint density at radius 1 is 1.23 bits per heavy atom. The van der Waals surface area contributed by atoms with Crippen molar-refractivity contribution in [2.75, 3.05) is 0 Å². The first-order chi connectivity index (χ1) is 10.4. The van der Waals surface area contributed by atoms with Crippen LogP contribution in [0.15, 0.2) is 36.4 Å². The van der Waals surface area contributed by atoms with Gasteiger partial charge in [0.15, 0.2) is 4.77 Å². The molecule has 1 aliphatic heterocycles. The monoisotopic (exact) mass is 324 g/mol. The van der Waals surface area contributed by atoms with E-state index in [0.29, 0.717) is 10.5 Å². The Hall–Kier alpha value is -2.02. The summed E-state index contributed by atoms with van der Waals surface area (Å²) in [5.41, 5.74) is 0.146. The van der Waals surface area contributed by atoms with E-state index in [0.717, 1.165) is 18.6 Å². The van der Waals surface area contributed by atoms with E-state index < -0.39 is 11.7 Å². The summed E-state index contributed by atoms with van der Waals surface area (Å²) >= 11 is 5.37. The van der Waals surface area contributed by atoms with Crippen LogP contribution in [-0.4, -0.2) is 14.2 Å². The summed E-state index contributed by atoms with van der Waals surface area (Å²) < 4.78 is 42.1. The van der Waals surface area contributed by atoms with Crippen LogP contribution in [0.1, 0.15) is 29.6 Å². The Morgan fingerprint density at radius 3 is 2.68 bits per heavy atom. The molecule has 114 valence electrons. The lowest BCUT2D eigenvalue weighted by Gasteiger charge is -2.11. The van der Waals surface area contributed by atoms with Crippen molar-refractivity contribution >= 4 is 12.2 Å². The number of rotatable bonds is 1. The van der Waals surface area contributed by atoms with Gasteiger partial charge in [-0.15, -0.1) is 0 Å². The van der Waals surface area contributed by atoms with Crippen LogP contribution >= 0.6 is 12.2 Å². The standard InChI is InChI=1S/C15H11F3N2OS/c16-15(17,18)9-2-1-3-10(7-9)20-13(21)12-8-4-5-11(6-8)19(12)14(20)22/h1-5,7-8,11,21H,6H2/t8-,11+/m1/s1. The van der Waals surface area contributed by atoms with Crippen LogP contribution in [0.4, 0.5) is 13.2 Å². The summed E-state index contributed by atoms with van der Waals surface area (Å²) in [6.45, 7) is 0. The molecule has 1 N–H and O–H groups in total. The van der Waals surface area contributed by atoms with E-state index in [1.807, 2.05) is 16.7 Å². The molecule has 22 heavy (non-hydrogen) atoms. The second kappa shape index (κ2) is 4.25. The van der Waals surface area contributed by atoms with E-state index in [1.54, 1.807) is 0 Å². The van der Waals surface area contributed by atoms with E-state index in [4.69, 9.17) is 12.2 Å². The first-order valence-corrected chi connectivity index (χ1v) is 7.21. The predicted molar refractivity (Wildman–Crippen MR) is 76.8 cm³/mol. The number of fused-ring (bicyclic) bond motifs is 5. The Bertz CT molecular complexity index is 863. The molecule has 0 fully saturated rings. The van der Waals surface area contributed by atoms with Gasteiger partial charge in [-0.05, 0) is 36.8 Å². The first-order valence-electron chi connectivity index (χ1n) is 6.80.